The zero-order chi connectivity index (χ0) is 22.2. The molecule has 0 saturated carbocycles. The molecule has 162 valence electrons. The van der Waals surface area contributed by atoms with Crippen LogP contribution in [0.3, 0.4) is 0 Å². The van der Waals surface area contributed by atoms with Crippen molar-refractivity contribution in [2.24, 2.45) is 0 Å². The van der Waals surface area contributed by atoms with Crippen molar-refractivity contribution < 1.29 is 9.59 Å². The molecule has 0 atom stereocenters. The van der Waals surface area contributed by atoms with Gasteiger partial charge in [-0.3, -0.25) is 9.59 Å². The maximum Gasteiger partial charge on any atom is 0.286 e. The molecule has 0 spiro atoms. The van der Waals surface area contributed by atoms with Gasteiger partial charge in [0.25, 0.3) is 5.91 Å². The number of carbonyl (C=O) groups excluding carboxylic acids is 2. The highest BCUT2D eigenvalue weighted by molar-refractivity contribution is 7.99. The fourth-order valence-corrected chi connectivity index (χ4v) is 4.33. The van der Waals surface area contributed by atoms with Crippen LogP contribution in [0, 0.1) is 6.92 Å². The molecule has 1 aromatic heterocycles. The third kappa shape index (κ3) is 6.80. The van der Waals surface area contributed by atoms with Crippen molar-refractivity contribution in [3.8, 4) is 0 Å². The number of anilines is 2. The molecule has 0 aliphatic heterocycles. The summed E-state index contributed by atoms with van der Waals surface area (Å²) in [5.41, 5.74) is 3.91. The van der Waals surface area contributed by atoms with Crippen LogP contribution in [0.25, 0.3) is 0 Å². The smallest absolute Gasteiger partial charge is 0.286 e. The summed E-state index contributed by atoms with van der Waals surface area (Å²) in [5.74, 6) is 0.533. The van der Waals surface area contributed by atoms with Crippen LogP contribution in [0.5, 0.6) is 0 Å². The van der Waals surface area contributed by atoms with Crippen LogP contribution in [-0.4, -0.2) is 41.9 Å². The van der Waals surface area contributed by atoms with Gasteiger partial charge in [-0.1, -0.05) is 41.7 Å². The Labute approximate surface area is 190 Å². The largest absolute Gasteiger partial charge is 0.378 e. The molecule has 2 aromatic carbocycles. The van der Waals surface area contributed by atoms with Gasteiger partial charge in [0.15, 0.2) is 0 Å². The minimum Gasteiger partial charge on any atom is -0.378 e. The first kappa shape index (κ1) is 22.8. The number of carbonyl (C=O) groups is 2. The fraction of sp³-hybridized carbons (Fsp3) is 0.273. The van der Waals surface area contributed by atoms with Crippen LogP contribution in [0.15, 0.2) is 48.5 Å². The van der Waals surface area contributed by atoms with Gasteiger partial charge in [-0.05, 0) is 36.2 Å². The van der Waals surface area contributed by atoms with E-state index in [0.29, 0.717) is 28.1 Å². The lowest BCUT2D eigenvalue weighted by atomic mass is 10.2. The molecule has 2 amide bonds. The van der Waals surface area contributed by atoms with E-state index in [1.54, 1.807) is 0 Å². The summed E-state index contributed by atoms with van der Waals surface area (Å²) in [6.07, 6.45) is 0. The molecule has 1 heterocycles. The molecule has 2 N–H and O–H groups in total. The molecule has 7 nitrogen and oxygen atoms in total. The quantitative estimate of drug-likeness (QED) is 0.511. The molecule has 9 heteroatoms. The minimum atomic E-state index is -0.277. The van der Waals surface area contributed by atoms with Gasteiger partial charge in [0, 0.05) is 37.8 Å². The van der Waals surface area contributed by atoms with E-state index in [4.69, 9.17) is 0 Å². The standard InChI is InChI=1S/C22H25N5O2S2/c1-15-6-4-5-7-18(15)24-21(29)22-26-25-20(31-22)14-30-13-19(28)23-12-16-8-10-17(11-9-16)27(2)3/h4-11H,12-14H2,1-3H3,(H,23,28)(H,24,29). The third-order valence-corrected chi connectivity index (χ3v) is 6.50. The van der Waals surface area contributed by atoms with E-state index in [0.717, 1.165) is 22.5 Å². The Morgan fingerprint density at radius 1 is 1.06 bits per heavy atom. The van der Waals surface area contributed by atoms with Gasteiger partial charge in [-0.2, -0.15) is 0 Å². The Bertz CT molecular complexity index is 1030. The number of aryl methyl sites for hydroxylation is 1. The van der Waals surface area contributed by atoms with Gasteiger partial charge in [0.1, 0.15) is 5.01 Å². The second-order valence-corrected chi connectivity index (χ2v) is 9.15. The number of hydrogen-bond donors (Lipinski definition) is 2. The van der Waals surface area contributed by atoms with E-state index in [1.807, 2.05) is 74.4 Å². The van der Waals surface area contributed by atoms with E-state index < -0.39 is 0 Å². The summed E-state index contributed by atoms with van der Waals surface area (Å²) in [6.45, 7) is 2.43. The summed E-state index contributed by atoms with van der Waals surface area (Å²) in [4.78, 5) is 26.5. The average Bonchev–Trinajstić information content (AvgIpc) is 3.23. The number of hydrogen-bond acceptors (Lipinski definition) is 7. The molecular formula is C22H25N5O2S2. The van der Waals surface area contributed by atoms with Crippen LogP contribution in [0.4, 0.5) is 11.4 Å². The number of amides is 2. The van der Waals surface area contributed by atoms with Gasteiger partial charge in [0.2, 0.25) is 10.9 Å². The zero-order valence-electron chi connectivity index (χ0n) is 17.7. The number of aromatic nitrogens is 2. The van der Waals surface area contributed by atoms with E-state index in [9.17, 15) is 9.59 Å². The summed E-state index contributed by atoms with van der Waals surface area (Å²) >= 11 is 2.69. The van der Waals surface area contributed by atoms with Crippen LogP contribution in [0.2, 0.25) is 0 Å². The second-order valence-electron chi connectivity index (χ2n) is 7.10. The third-order valence-electron chi connectivity index (χ3n) is 4.46. The van der Waals surface area contributed by atoms with Crippen LogP contribution in [-0.2, 0) is 17.1 Å². The lowest BCUT2D eigenvalue weighted by molar-refractivity contribution is -0.118. The average molecular weight is 456 g/mol. The van der Waals surface area contributed by atoms with Crippen molar-refractivity contribution in [3.05, 3.63) is 69.7 Å². The maximum atomic E-state index is 12.4. The topological polar surface area (TPSA) is 87.2 Å². The Hall–Kier alpha value is -2.91. The van der Waals surface area contributed by atoms with E-state index in [1.165, 1.54) is 23.1 Å². The Morgan fingerprint density at radius 2 is 1.81 bits per heavy atom. The van der Waals surface area contributed by atoms with Gasteiger partial charge >= 0.3 is 0 Å². The van der Waals surface area contributed by atoms with Gasteiger partial charge < -0.3 is 15.5 Å². The van der Waals surface area contributed by atoms with Crippen LogP contribution >= 0.6 is 23.1 Å². The van der Waals surface area contributed by atoms with Crippen LogP contribution < -0.4 is 15.5 Å². The predicted molar refractivity (Wildman–Crippen MR) is 128 cm³/mol. The summed E-state index contributed by atoms with van der Waals surface area (Å²) in [5, 5.41) is 14.8. The van der Waals surface area contributed by atoms with Crippen molar-refractivity contribution in [1.29, 1.82) is 0 Å². The van der Waals surface area contributed by atoms with E-state index in [-0.39, 0.29) is 11.8 Å². The lowest BCUT2D eigenvalue weighted by Gasteiger charge is -2.12. The molecule has 3 rings (SSSR count). The number of para-hydroxylation sites is 1. The van der Waals surface area contributed by atoms with Crippen molar-refractivity contribution in [2.75, 3.05) is 30.1 Å². The van der Waals surface area contributed by atoms with Crippen molar-refractivity contribution >= 4 is 46.3 Å². The number of benzene rings is 2. The van der Waals surface area contributed by atoms with Crippen LogP contribution in [0.1, 0.15) is 25.9 Å². The van der Waals surface area contributed by atoms with Crippen molar-refractivity contribution in [3.63, 3.8) is 0 Å². The second kappa shape index (κ2) is 10.9. The van der Waals surface area contributed by atoms with Gasteiger partial charge in [-0.15, -0.1) is 22.0 Å². The number of nitrogens with one attached hydrogen (secondary N) is 2. The van der Waals surface area contributed by atoms with E-state index >= 15 is 0 Å². The van der Waals surface area contributed by atoms with Crippen molar-refractivity contribution in [1.82, 2.24) is 15.5 Å². The molecule has 3 aromatic rings. The SMILES string of the molecule is Cc1ccccc1NC(=O)c1nnc(CSCC(=O)NCc2ccc(N(C)C)cc2)s1. The molecular weight excluding hydrogens is 430 g/mol. The molecule has 0 radical (unpaired) electrons. The number of nitrogens with zero attached hydrogens (tertiary/aromatic N) is 3. The fourth-order valence-electron chi connectivity index (χ4n) is 2.69. The lowest BCUT2D eigenvalue weighted by Crippen LogP contribution is -2.24. The molecule has 0 saturated heterocycles. The highest BCUT2D eigenvalue weighted by Crippen LogP contribution is 2.19. The molecule has 0 aliphatic rings. The summed E-state index contributed by atoms with van der Waals surface area (Å²) in [6, 6.07) is 15.6. The van der Waals surface area contributed by atoms with Gasteiger partial charge in [-0.25, -0.2) is 0 Å². The van der Waals surface area contributed by atoms with E-state index in [2.05, 4.69) is 20.8 Å². The molecule has 0 fully saturated rings. The highest BCUT2D eigenvalue weighted by Gasteiger charge is 2.14. The Kier molecular flexibility index (Phi) is 8.02. The summed E-state index contributed by atoms with van der Waals surface area (Å²) in [7, 11) is 3.98. The highest BCUT2D eigenvalue weighted by atomic mass is 32.2. The number of thioether (sulfide) groups is 1. The Balaban J connectivity index is 1.40. The maximum absolute atomic E-state index is 12.4. The molecule has 0 aliphatic carbocycles. The van der Waals surface area contributed by atoms with Gasteiger partial charge in [0.05, 0.1) is 5.75 Å². The number of rotatable bonds is 9. The normalized spacial score (nSPS) is 10.5. The predicted octanol–water partition coefficient (Wildman–Crippen LogP) is 3.71. The molecule has 0 bridgehead atoms. The minimum absolute atomic E-state index is 0.0382. The zero-order valence-corrected chi connectivity index (χ0v) is 19.3. The molecule has 0 unspecified atom stereocenters. The first-order valence-electron chi connectivity index (χ1n) is 9.72. The first-order chi connectivity index (χ1) is 14.9. The monoisotopic (exact) mass is 455 g/mol. The summed E-state index contributed by atoms with van der Waals surface area (Å²) < 4.78 is 0. The van der Waals surface area contributed by atoms with Crippen molar-refractivity contribution in [2.45, 2.75) is 19.2 Å². The Morgan fingerprint density at radius 3 is 2.52 bits per heavy atom. The molecule has 31 heavy (non-hydrogen) atoms. The first-order valence-corrected chi connectivity index (χ1v) is 11.7.